The molecule has 0 unspecified atom stereocenters. The molecule has 0 N–H and O–H groups in total. The van der Waals surface area contributed by atoms with Crippen molar-refractivity contribution < 1.29 is 4.79 Å². The van der Waals surface area contributed by atoms with E-state index in [9.17, 15) is 4.79 Å². The van der Waals surface area contributed by atoms with Crippen molar-refractivity contribution in [2.24, 2.45) is 7.05 Å². The van der Waals surface area contributed by atoms with E-state index >= 15 is 0 Å². The zero-order valence-electron chi connectivity index (χ0n) is 12.0. The van der Waals surface area contributed by atoms with Crippen LogP contribution in [0.15, 0.2) is 34.9 Å². The highest BCUT2D eigenvalue weighted by Gasteiger charge is 2.24. The van der Waals surface area contributed by atoms with Crippen LogP contribution in [0.4, 0.5) is 0 Å². The molecule has 108 valence electrons. The average molecular weight is 347 g/mol. The smallest absolute Gasteiger partial charge is 0.233 e. The highest BCUT2D eigenvalue weighted by atomic mass is 79.9. The summed E-state index contributed by atoms with van der Waals surface area (Å²) in [6, 6.07) is 7.82. The van der Waals surface area contributed by atoms with Crippen molar-refractivity contribution in [1.29, 1.82) is 0 Å². The van der Waals surface area contributed by atoms with Crippen LogP contribution in [0, 0.1) is 0 Å². The van der Waals surface area contributed by atoms with Gasteiger partial charge in [-0.05, 0) is 35.8 Å². The minimum absolute atomic E-state index is 0.102. The molecule has 2 heterocycles. The number of ketones is 1. The molecule has 21 heavy (non-hydrogen) atoms. The largest absolute Gasteiger partial charge is 0.285 e. The van der Waals surface area contributed by atoms with Gasteiger partial charge in [0, 0.05) is 18.5 Å². The summed E-state index contributed by atoms with van der Waals surface area (Å²) in [7, 11) is 1.84. The van der Waals surface area contributed by atoms with Crippen LogP contribution in [0.2, 0.25) is 0 Å². The minimum atomic E-state index is -0.120. The van der Waals surface area contributed by atoms with Gasteiger partial charge in [0.1, 0.15) is 11.4 Å². The molecule has 0 radical (unpaired) electrons. The monoisotopic (exact) mass is 346 g/mol. The van der Waals surface area contributed by atoms with E-state index in [4.69, 9.17) is 0 Å². The van der Waals surface area contributed by atoms with Crippen LogP contribution in [0.5, 0.6) is 0 Å². The molecule has 0 aliphatic rings. The van der Waals surface area contributed by atoms with Gasteiger partial charge in [0.2, 0.25) is 5.78 Å². The molecule has 0 amide bonds. The Morgan fingerprint density at radius 2 is 2.00 bits per heavy atom. The number of para-hydroxylation sites is 1. The maximum absolute atomic E-state index is 12.9. The van der Waals surface area contributed by atoms with Gasteiger partial charge >= 0.3 is 0 Å². The summed E-state index contributed by atoms with van der Waals surface area (Å²) >= 11 is 3.42. The van der Waals surface area contributed by atoms with Gasteiger partial charge in [0.25, 0.3) is 0 Å². The second kappa shape index (κ2) is 5.11. The van der Waals surface area contributed by atoms with Crippen LogP contribution in [-0.4, -0.2) is 25.3 Å². The first-order chi connectivity index (χ1) is 10.0. The Kier molecular flexibility index (Phi) is 3.41. The summed E-state index contributed by atoms with van der Waals surface area (Å²) in [5.41, 5.74) is 1.93. The molecule has 1 aromatic carbocycles. The summed E-state index contributed by atoms with van der Waals surface area (Å²) in [5.74, 6) is -0.120. The lowest BCUT2D eigenvalue weighted by Gasteiger charge is -2.09. The lowest BCUT2D eigenvalue weighted by molar-refractivity contribution is 0.102. The summed E-state index contributed by atoms with van der Waals surface area (Å²) < 4.78 is 4.14. The Balaban J connectivity index is 2.20. The first kappa shape index (κ1) is 14.0. The fraction of sp³-hybridized carbons (Fsp3) is 0.267. The lowest BCUT2D eigenvalue weighted by Crippen LogP contribution is -2.14. The molecule has 0 atom stereocenters. The first-order valence-corrected chi connectivity index (χ1v) is 7.49. The molecular formula is C15H15BrN4O. The number of aromatic nitrogens is 4. The zero-order chi connectivity index (χ0) is 15.1. The molecule has 3 rings (SSSR count). The third-order valence-corrected chi connectivity index (χ3v) is 4.01. The van der Waals surface area contributed by atoms with Gasteiger partial charge in [-0.3, -0.25) is 14.2 Å². The lowest BCUT2D eigenvalue weighted by atomic mass is 10.1. The van der Waals surface area contributed by atoms with Crippen molar-refractivity contribution in [3.8, 4) is 0 Å². The highest BCUT2D eigenvalue weighted by Crippen LogP contribution is 2.25. The molecule has 0 spiro atoms. The molecule has 0 aliphatic heterocycles. The van der Waals surface area contributed by atoms with Crippen LogP contribution in [0.1, 0.15) is 36.1 Å². The minimum Gasteiger partial charge on any atom is -0.285 e. The fourth-order valence-electron chi connectivity index (χ4n) is 2.44. The fourth-order valence-corrected chi connectivity index (χ4v) is 2.89. The summed E-state index contributed by atoms with van der Waals surface area (Å²) in [6.45, 7) is 3.99. The van der Waals surface area contributed by atoms with E-state index in [2.05, 4.69) is 26.1 Å². The van der Waals surface area contributed by atoms with Crippen LogP contribution in [0.25, 0.3) is 10.9 Å². The quantitative estimate of drug-likeness (QED) is 0.683. The molecule has 3 aromatic rings. The molecule has 0 bridgehead atoms. The maximum Gasteiger partial charge on any atom is 0.233 e. The second-order valence-electron chi connectivity index (χ2n) is 5.20. The van der Waals surface area contributed by atoms with Crippen molar-refractivity contribution in [2.45, 2.75) is 19.9 Å². The number of rotatable bonds is 3. The van der Waals surface area contributed by atoms with Crippen molar-refractivity contribution in [1.82, 2.24) is 19.6 Å². The summed E-state index contributed by atoms with van der Waals surface area (Å²) in [5, 5.41) is 9.51. The Bertz CT molecular complexity index is 831. The van der Waals surface area contributed by atoms with Gasteiger partial charge in [-0.15, -0.1) is 0 Å². The van der Waals surface area contributed by atoms with E-state index in [-0.39, 0.29) is 11.8 Å². The second-order valence-corrected chi connectivity index (χ2v) is 6.05. The Hall–Kier alpha value is -1.95. The van der Waals surface area contributed by atoms with Crippen molar-refractivity contribution in [3.05, 3.63) is 46.3 Å². The van der Waals surface area contributed by atoms with Gasteiger partial charge in [0.15, 0.2) is 0 Å². The van der Waals surface area contributed by atoms with E-state index in [0.717, 1.165) is 10.9 Å². The predicted octanol–water partition coefficient (Wildman–Crippen LogP) is 3.34. The van der Waals surface area contributed by atoms with Gasteiger partial charge in [0.05, 0.1) is 16.2 Å². The van der Waals surface area contributed by atoms with Gasteiger partial charge in [-0.25, -0.2) is 0 Å². The molecule has 0 saturated heterocycles. The molecular weight excluding hydrogens is 332 g/mol. The Morgan fingerprint density at radius 1 is 1.29 bits per heavy atom. The number of fused-ring (bicyclic) bond motifs is 1. The van der Waals surface area contributed by atoms with Crippen molar-refractivity contribution in [2.75, 3.05) is 0 Å². The highest BCUT2D eigenvalue weighted by molar-refractivity contribution is 9.10. The van der Waals surface area contributed by atoms with Gasteiger partial charge < -0.3 is 0 Å². The van der Waals surface area contributed by atoms with Crippen molar-refractivity contribution in [3.63, 3.8) is 0 Å². The number of halogens is 1. The van der Waals surface area contributed by atoms with E-state index in [1.165, 1.54) is 0 Å². The third-order valence-electron chi connectivity index (χ3n) is 3.43. The molecule has 0 saturated carbocycles. The average Bonchev–Trinajstić information content (AvgIpc) is 3.00. The zero-order valence-corrected chi connectivity index (χ0v) is 13.6. The normalized spacial score (nSPS) is 11.5. The van der Waals surface area contributed by atoms with Crippen LogP contribution in [-0.2, 0) is 7.05 Å². The topological polar surface area (TPSA) is 52.7 Å². The number of aryl methyl sites for hydroxylation is 1. The predicted molar refractivity (Wildman–Crippen MR) is 84.5 cm³/mol. The number of nitrogens with zero attached hydrogens (tertiary/aromatic N) is 4. The van der Waals surface area contributed by atoms with E-state index in [1.807, 2.05) is 45.2 Å². The molecule has 2 aromatic heterocycles. The third kappa shape index (κ3) is 2.19. The number of carbonyl (C=O) groups excluding carboxylic acids is 1. The summed E-state index contributed by atoms with van der Waals surface area (Å²) in [6.07, 6.45) is 1.65. The molecule has 6 heteroatoms. The van der Waals surface area contributed by atoms with Gasteiger partial charge in [-0.2, -0.15) is 10.2 Å². The van der Waals surface area contributed by atoms with E-state index in [1.54, 1.807) is 15.6 Å². The number of carbonyl (C=O) groups is 1. The van der Waals surface area contributed by atoms with Crippen LogP contribution >= 0.6 is 15.9 Å². The molecule has 0 aliphatic carbocycles. The Labute approximate surface area is 130 Å². The summed E-state index contributed by atoms with van der Waals surface area (Å²) in [4.78, 5) is 12.9. The standard InChI is InChI=1S/C15H15BrN4O/c1-9(2)20-14(11(16)8-17-20)15(21)13-10-6-4-5-7-12(10)19(3)18-13/h4-9H,1-3H3. The van der Waals surface area contributed by atoms with Crippen LogP contribution in [0.3, 0.4) is 0 Å². The van der Waals surface area contributed by atoms with E-state index < -0.39 is 0 Å². The molecule has 0 fully saturated rings. The maximum atomic E-state index is 12.9. The number of hydrogen-bond donors (Lipinski definition) is 0. The number of hydrogen-bond acceptors (Lipinski definition) is 3. The van der Waals surface area contributed by atoms with Gasteiger partial charge in [-0.1, -0.05) is 18.2 Å². The Morgan fingerprint density at radius 3 is 2.71 bits per heavy atom. The van der Waals surface area contributed by atoms with Crippen LogP contribution < -0.4 is 0 Å². The SMILES string of the molecule is CC(C)n1ncc(Br)c1C(=O)c1nn(C)c2ccccc12. The van der Waals surface area contributed by atoms with Crippen molar-refractivity contribution >= 4 is 32.6 Å². The first-order valence-electron chi connectivity index (χ1n) is 6.70. The number of benzene rings is 1. The molecule has 5 nitrogen and oxygen atoms in total. The van der Waals surface area contributed by atoms with E-state index in [0.29, 0.717) is 15.9 Å².